The van der Waals surface area contributed by atoms with Crippen LogP contribution in [0.2, 0.25) is 0 Å². The van der Waals surface area contributed by atoms with Crippen LogP contribution in [0, 0.1) is 6.92 Å². The SMILES string of the molecule is CCC1CCCCN1c1cc(C(=O)N2CCN(CC)CC2)nc(C)n1. The summed E-state index contributed by atoms with van der Waals surface area (Å²) in [6.07, 6.45) is 4.81. The van der Waals surface area contributed by atoms with E-state index in [9.17, 15) is 4.79 Å². The molecule has 2 fully saturated rings. The molecular formula is C19H31N5O. The van der Waals surface area contributed by atoms with Gasteiger partial charge in [-0.3, -0.25) is 4.79 Å². The Balaban J connectivity index is 1.78. The van der Waals surface area contributed by atoms with Gasteiger partial charge in [0.1, 0.15) is 17.3 Å². The van der Waals surface area contributed by atoms with Crippen LogP contribution in [-0.4, -0.2) is 71.0 Å². The highest BCUT2D eigenvalue weighted by molar-refractivity contribution is 5.93. The second kappa shape index (κ2) is 8.13. The molecule has 0 saturated carbocycles. The van der Waals surface area contributed by atoms with E-state index in [-0.39, 0.29) is 5.91 Å². The molecule has 2 aliphatic rings. The smallest absolute Gasteiger partial charge is 0.272 e. The summed E-state index contributed by atoms with van der Waals surface area (Å²) in [5.41, 5.74) is 0.549. The number of aromatic nitrogens is 2. The molecule has 138 valence electrons. The molecule has 2 aliphatic heterocycles. The van der Waals surface area contributed by atoms with Gasteiger partial charge in [-0.1, -0.05) is 13.8 Å². The maximum atomic E-state index is 12.9. The first-order valence-electron chi connectivity index (χ1n) is 9.76. The van der Waals surface area contributed by atoms with Crippen LogP contribution in [0.4, 0.5) is 5.82 Å². The van der Waals surface area contributed by atoms with E-state index >= 15 is 0 Å². The number of aryl methyl sites for hydroxylation is 1. The largest absolute Gasteiger partial charge is 0.354 e. The highest BCUT2D eigenvalue weighted by Gasteiger charge is 2.26. The standard InChI is InChI=1S/C19H31N5O/c1-4-16-8-6-7-9-24(16)18-14-17(20-15(3)21-18)19(25)23-12-10-22(5-2)11-13-23/h14,16H,4-13H2,1-3H3. The monoisotopic (exact) mass is 345 g/mol. The van der Waals surface area contributed by atoms with Crippen LogP contribution < -0.4 is 4.90 Å². The molecular weight excluding hydrogens is 314 g/mol. The van der Waals surface area contributed by atoms with Crippen LogP contribution >= 0.6 is 0 Å². The van der Waals surface area contributed by atoms with E-state index in [1.54, 1.807) is 0 Å². The van der Waals surface area contributed by atoms with E-state index in [4.69, 9.17) is 0 Å². The Morgan fingerprint density at radius 2 is 1.88 bits per heavy atom. The van der Waals surface area contributed by atoms with Gasteiger partial charge >= 0.3 is 0 Å². The fraction of sp³-hybridized carbons (Fsp3) is 0.737. The van der Waals surface area contributed by atoms with Crippen molar-refractivity contribution in [2.24, 2.45) is 0 Å². The van der Waals surface area contributed by atoms with Crippen LogP contribution in [0.25, 0.3) is 0 Å². The van der Waals surface area contributed by atoms with Crippen LogP contribution in [-0.2, 0) is 0 Å². The van der Waals surface area contributed by atoms with Gasteiger partial charge in [0.05, 0.1) is 0 Å². The van der Waals surface area contributed by atoms with Gasteiger partial charge in [-0.15, -0.1) is 0 Å². The molecule has 3 rings (SSSR count). The lowest BCUT2D eigenvalue weighted by atomic mass is 10.00. The third-order valence-electron chi connectivity index (χ3n) is 5.54. The number of hydrogen-bond acceptors (Lipinski definition) is 5. The molecule has 1 amide bonds. The zero-order valence-corrected chi connectivity index (χ0v) is 15.9. The number of carbonyl (C=O) groups is 1. The molecule has 0 N–H and O–H groups in total. The maximum absolute atomic E-state index is 12.9. The Labute approximate surface area is 151 Å². The van der Waals surface area contributed by atoms with Crippen molar-refractivity contribution in [3.8, 4) is 0 Å². The van der Waals surface area contributed by atoms with Gasteiger partial charge in [-0.25, -0.2) is 9.97 Å². The Hall–Kier alpha value is -1.69. The molecule has 0 aromatic carbocycles. The number of anilines is 1. The van der Waals surface area contributed by atoms with Gasteiger partial charge in [-0.2, -0.15) is 0 Å². The normalized spacial score (nSPS) is 22.3. The molecule has 6 heteroatoms. The van der Waals surface area contributed by atoms with E-state index in [1.165, 1.54) is 19.3 Å². The van der Waals surface area contributed by atoms with Crippen LogP contribution in [0.3, 0.4) is 0 Å². The van der Waals surface area contributed by atoms with Gasteiger partial charge in [0.15, 0.2) is 0 Å². The van der Waals surface area contributed by atoms with Crippen LogP contribution in [0.1, 0.15) is 55.8 Å². The molecule has 0 radical (unpaired) electrons. The number of carbonyl (C=O) groups excluding carboxylic acids is 1. The zero-order valence-electron chi connectivity index (χ0n) is 15.9. The Morgan fingerprint density at radius 3 is 2.56 bits per heavy atom. The fourth-order valence-electron chi connectivity index (χ4n) is 3.96. The molecule has 0 aliphatic carbocycles. The van der Waals surface area contributed by atoms with Gasteiger partial charge in [-0.05, 0) is 39.2 Å². The molecule has 25 heavy (non-hydrogen) atoms. The number of amides is 1. The van der Waals surface area contributed by atoms with Crippen LogP contribution in [0.15, 0.2) is 6.07 Å². The predicted molar refractivity (Wildman–Crippen MR) is 100 cm³/mol. The molecule has 1 aromatic rings. The van der Waals surface area contributed by atoms with E-state index in [0.29, 0.717) is 17.6 Å². The Morgan fingerprint density at radius 1 is 1.12 bits per heavy atom. The van der Waals surface area contributed by atoms with Gasteiger partial charge in [0, 0.05) is 44.8 Å². The lowest BCUT2D eigenvalue weighted by Crippen LogP contribution is -2.48. The number of rotatable bonds is 4. The summed E-state index contributed by atoms with van der Waals surface area (Å²) in [4.78, 5) is 28.7. The molecule has 0 spiro atoms. The molecule has 1 unspecified atom stereocenters. The summed E-state index contributed by atoms with van der Waals surface area (Å²) in [6.45, 7) is 11.8. The summed E-state index contributed by atoms with van der Waals surface area (Å²) < 4.78 is 0. The zero-order chi connectivity index (χ0) is 17.8. The third kappa shape index (κ3) is 4.11. The van der Waals surface area contributed by atoms with E-state index in [0.717, 1.165) is 51.5 Å². The first-order chi connectivity index (χ1) is 12.1. The van der Waals surface area contributed by atoms with Crippen LogP contribution in [0.5, 0.6) is 0 Å². The van der Waals surface area contributed by atoms with Crippen molar-refractivity contribution in [1.82, 2.24) is 19.8 Å². The van der Waals surface area contributed by atoms with Crippen molar-refractivity contribution in [2.45, 2.75) is 52.5 Å². The molecule has 1 aromatic heterocycles. The van der Waals surface area contributed by atoms with Gasteiger partial charge in [0.25, 0.3) is 5.91 Å². The summed E-state index contributed by atoms with van der Waals surface area (Å²) in [7, 11) is 0. The van der Waals surface area contributed by atoms with Crippen molar-refractivity contribution in [3.63, 3.8) is 0 Å². The Kier molecular flexibility index (Phi) is 5.89. The lowest BCUT2D eigenvalue weighted by Gasteiger charge is -2.37. The minimum absolute atomic E-state index is 0.0487. The second-order valence-electron chi connectivity index (χ2n) is 7.14. The minimum atomic E-state index is 0.0487. The first-order valence-corrected chi connectivity index (χ1v) is 9.76. The second-order valence-corrected chi connectivity index (χ2v) is 7.14. The fourth-order valence-corrected chi connectivity index (χ4v) is 3.96. The maximum Gasteiger partial charge on any atom is 0.272 e. The highest BCUT2D eigenvalue weighted by atomic mass is 16.2. The van der Waals surface area contributed by atoms with Crippen molar-refractivity contribution in [3.05, 3.63) is 17.6 Å². The first kappa shape index (κ1) is 18.1. The van der Waals surface area contributed by atoms with Crippen molar-refractivity contribution >= 4 is 11.7 Å². The third-order valence-corrected chi connectivity index (χ3v) is 5.54. The lowest BCUT2D eigenvalue weighted by molar-refractivity contribution is 0.0637. The number of nitrogens with zero attached hydrogens (tertiary/aromatic N) is 5. The molecule has 6 nitrogen and oxygen atoms in total. The quantitative estimate of drug-likeness (QED) is 0.838. The minimum Gasteiger partial charge on any atom is -0.354 e. The number of hydrogen-bond donors (Lipinski definition) is 0. The van der Waals surface area contributed by atoms with Crippen molar-refractivity contribution < 1.29 is 4.79 Å². The molecule has 0 bridgehead atoms. The average molecular weight is 345 g/mol. The van der Waals surface area contributed by atoms with E-state index in [1.807, 2.05) is 17.9 Å². The van der Waals surface area contributed by atoms with Crippen molar-refractivity contribution in [1.29, 1.82) is 0 Å². The number of piperazine rings is 1. The average Bonchev–Trinajstić information content (AvgIpc) is 2.67. The Bertz CT molecular complexity index is 597. The van der Waals surface area contributed by atoms with Crippen molar-refractivity contribution in [2.75, 3.05) is 44.2 Å². The predicted octanol–water partition coefficient (Wildman–Crippen LogP) is 2.33. The topological polar surface area (TPSA) is 52.6 Å². The summed E-state index contributed by atoms with van der Waals surface area (Å²) in [6, 6.07) is 2.44. The van der Waals surface area contributed by atoms with E-state index in [2.05, 4.69) is 33.6 Å². The van der Waals surface area contributed by atoms with Gasteiger partial charge < -0.3 is 14.7 Å². The number of likely N-dealkylation sites (N-methyl/N-ethyl adjacent to an activating group) is 1. The van der Waals surface area contributed by atoms with E-state index < -0.39 is 0 Å². The molecule has 1 atom stereocenters. The summed E-state index contributed by atoms with van der Waals surface area (Å²) in [5, 5.41) is 0. The highest BCUT2D eigenvalue weighted by Crippen LogP contribution is 2.25. The molecule has 2 saturated heterocycles. The molecule has 3 heterocycles. The summed E-state index contributed by atoms with van der Waals surface area (Å²) >= 11 is 0. The number of piperidine rings is 1. The summed E-state index contributed by atoms with van der Waals surface area (Å²) in [5.74, 6) is 1.66. The van der Waals surface area contributed by atoms with Gasteiger partial charge in [0.2, 0.25) is 0 Å².